The first-order valence-electron chi connectivity index (χ1n) is 14.5. The third kappa shape index (κ3) is 6.99. The summed E-state index contributed by atoms with van der Waals surface area (Å²) < 4.78 is 17.8. The third-order valence-electron chi connectivity index (χ3n) is 7.86. The summed E-state index contributed by atoms with van der Waals surface area (Å²) in [5, 5.41) is 6.97. The summed E-state index contributed by atoms with van der Waals surface area (Å²) in [6.07, 6.45) is 7.70. The molecule has 8 nitrogen and oxygen atoms in total. The minimum absolute atomic E-state index is 0.119. The molecule has 2 aromatic rings. The molecule has 1 N–H and O–H groups in total. The van der Waals surface area contributed by atoms with Crippen molar-refractivity contribution < 1.29 is 23.8 Å². The predicted octanol–water partition coefficient (Wildman–Crippen LogP) is 6.43. The number of benzene rings is 1. The maximum Gasteiger partial charge on any atom is 0.407 e. The Morgan fingerprint density at radius 2 is 2.00 bits per heavy atom. The van der Waals surface area contributed by atoms with Crippen molar-refractivity contribution in [1.29, 1.82) is 0 Å². The van der Waals surface area contributed by atoms with Gasteiger partial charge in [0.2, 0.25) is 0 Å². The number of thiophene rings is 1. The zero-order chi connectivity index (χ0) is 29.0. The van der Waals surface area contributed by atoms with Crippen LogP contribution in [-0.2, 0) is 15.0 Å². The number of ether oxygens (including phenoxy) is 3. The molecule has 220 valence electrons. The molecule has 2 fully saturated rings. The zero-order valence-corrected chi connectivity index (χ0v) is 25.5. The molecule has 1 aliphatic heterocycles. The molecule has 0 bridgehead atoms. The number of hydroxylamine groups is 2. The van der Waals surface area contributed by atoms with Crippen molar-refractivity contribution >= 4 is 23.8 Å². The lowest BCUT2D eigenvalue weighted by molar-refractivity contribution is -0.156. The first kappa shape index (κ1) is 29.3. The normalized spacial score (nSPS) is 26.4. The maximum atomic E-state index is 12.7. The van der Waals surface area contributed by atoms with Crippen molar-refractivity contribution in [2.75, 3.05) is 7.11 Å². The van der Waals surface area contributed by atoms with Crippen LogP contribution in [0.5, 0.6) is 11.5 Å². The highest BCUT2D eigenvalue weighted by Crippen LogP contribution is 2.45. The van der Waals surface area contributed by atoms with Gasteiger partial charge in [-0.3, -0.25) is 0 Å². The lowest BCUT2D eigenvalue weighted by Gasteiger charge is -2.46. The summed E-state index contributed by atoms with van der Waals surface area (Å²) in [5.41, 5.74) is -0.174. The van der Waals surface area contributed by atoms with Gasteiger partial charge >= 0.3 is 6.09 Å². The number of carbonyl (C=O) groups is 1. The van der Waals surface area contributed by atoms with Gasteiger partial charge in [0.1, 0.15) is 11.9 Å². The van der Waals surface area contributed by atoms with Crippen LogP contribution in [0.2, 0.25) is 0 Å². The van der Waals surface area contributed by atoms with Gasteiger partial charge in [0.05, 0.1) is 29.5 Å². The molecule has 5 rings (SSSR count). The van der Waals surface area contributed by atoms with E-state index in [0.29, 0.717) is 18.6 Å². The molecule has 2 unspecified atom stereocenters. The fourth-order valence-corrected chi connectivity index (χ4v) is 6.51. The van der Waals surface area contributed by atoms with E-state index in [1.54, 1.807) is 24.8 Å². The molecule has 2 heterocycles. The molecule has 41 heavy (non-hydrogen) atoms. The van der Waals surface area contributed by atoms with Crippen LogP contribution in [0, 0.1) is 11.8 Å². The number of nitrogens with zero attached hydrogens (tertiary/aromatic N) is 2. The van der Waals surface area contributed by atoms with Gasteiger partial charge in [0, 0.05) is 6.04 Å². The van der Waals surface area contributed by atoms with E-state index < -0.39 is 17.1 Å². The summed E-state index contributed by atoms with van der Waals surface area (Å²) in [6, 6.07) is 9.88. The number of amides is 1. The molecule has 0 spiro atoms. The average Bonchev–Trinajstić information content (AvgIpc) is 3.71. The Labute approximate surface area is 247 Å². The monoisotopic (exact) mass is 579 g/mol. The highest BCUT2D eigenvalue weighted by molar-refractivity contribution is 7.10. The topological polar surface area (TPSA) is 81.6 Å². The second-order valence-electron chi connectivity index (χ2n) is 12.1. The fourth-order valence-electron chi connectivity index (χ4n) is 5.94. The predicted molar refractivity (Wildman–Crippen MR) is 160 cm³/mol. The molecule has 1 aromatic heterocycles. The van der Waals surface area contributed by atoms with Crippen LogP contribution in [0.15, 0.2) is 40.7 Å². The van der Waals surface area contributed by atoms with Gasteiger partial charge in [-0.15, -0.1) is 11.3 Å². The van der Waals surface area contributed by atoms with Crippen LogP contribution < -0.4 is 14.8 Å². The van der Waals surface area contributed by atoms with Crippen molar-refractivity contribution in [3.63, 3.8) is 0 Å². The summed E-state index contributed by atoms with van der Waals surface area (Å²) in [4.78, 5) is 24.4. The highest BCUT2D eigenvalue weighted by atomic mass is 32.1. The number of rotatable bonds is 6. The van der Waals surface area contributed by atoms with Crippen molar-refractivity contribution in [1.82, 2.24) is 10.4 Å². The van der Waals surface area contributed by atoms with E-state index in [0.717, 1.165) is 35.5 Å². The molecule has 1 amide bonds. The second kappa shape index (κ2) is 12.3. The smallest absolute Gasteiger partial charge is 0.407 e. The average molecular weight is 580 g/mol. The van der Waals surface area contributed by atoms with E-state index in [9.17, 15) is 4.79 Å². The Kier molecular flexibility index (Phi) is 8.81. The standard InChI is InChI=1S/C32H41N3O5S/c1-22-33-21-35(40-22)29-20-24(34-30(36)39-31(2,3)4)14-16-32(29,17-15-26-11-8-18-41-26)23-12-13-27(37-5)28(19-23)38-25-9-6-7-10-25/h8,11-13,18-19,21-22,24-25,29H,6-7,9-10,14,16,20H2,1-5H3,(H,34,36)/t22?,24-,29?,32+/m0/s1. The molecular weight excluding hydrogens is 538 g/mol. The molecule has 0 radical (unpaired) electrons. The van der Waals surface area contributed by atoms with E-state index in [2.05, 4.69) is 34.3 Å². The van der Waals surface area contributed by atoms with Crippen molar-refractivity contribution in [3.05, 3.63) is 46.2 Å². The fraction of sp³-hybridized carbons (Fsp3) is 0.562. The van der Waals surface area contributed by atoms with Crippen LogP contribution in [0.3, 0.4) is 0 Å². The van der Waals surface area contributed by atoms with Gasteiger partial charge in [-0.25, -0.2) is 19.7 Å². The van der Waals surface area contributed by atoms with Crippen molar-refractivity contribution in [3.8, 4) is 23.3 Å². The van der Waals surface area contributed by atoms with E-state index >= 15 is 0 Å². The lowest BCUT2D eigenvalue weighted by Crippen LogP contribution is -2.56. The first-order chi connectivity index (χ1) is 19.6. The molecule has 9 heteroatoms. The zero-order valence-electron chi connectivity index (χ0n) is 24.6. The van der Waals surface area contributed by atoms with Crippen LogP contribution in [0.1, 0.15) is 83.1 Å². The van der Waals surface area contributed by atoms with E-state index in [1.807, 2.05) is 56.3 Å². The molecule has 1 aromatic carbocycles. The summed E-state index contributed by atoms with van der Waals surface area (Å²) in [6.45, 7) is 7.51. The van der Waals surface area contributed by atoms with Gasteiger partial charge in [-0.2, -0.15) is 0 Å². The van der Waals surface area contributed by atoms with Crippen molar-refractivity contribution in [2.45, 2.75) is 108 Å². The number of hydrogen-bond donors (Lipinski definition) is 1. The minimum atomic E-state index is -0.633. The second-order valence-corrected chi connectivity index (χ2v) is 13.0. The number of aliphatic imine (C=N–C) groups is 1. The van der Waals surface area contributed by atoms with E-state index in [1.165, 1.54) is 12.8 Å². The van der Waals surface area contributed by atoms with Gasteiger partial charge in [-0.05, 0) is 102 Å². The number of hydrogen-bond acceptors (Lipinski definition) is 8. The van der Waals surface area contributed by atoms with Crippen LogP contribution in [0.25, 0.3) is 0 Å². The Morgan fingerprint density at radius 1 is 1.20 bits per heavy atom. The largest absolute Gasteiger partial charge is 0.493 e. The van der Waals surface area contributed by atoms with Crippen LogP contribution in [0.4, 0.5) is 4.79 Å². The van der Waals surface area contributed by atoms with Crippen LogP contribution >= 0.6 is 11.3 Å². The SMILES string of the molecule is COc1ccc([C@]2(C#Cc3cccs3)CC[C@H](NC(=O)OC(C)(C)C)CC2N2C=NC(C)O2)cc1OC1CCCC1. The number of carbonyl (C=O) groups excluding carboxylic acids is 1. The van der Waals surface area contributed by atoms with Crippen LogP contribution in [-0.4, -0.2) is 54.6 Å². The van der Waals surface area contributed by atoms with Gasteiger partial charge in [0.15, 0.2) is 17.7 Å². The Balaban J connectivity index is 1.54. The van der Waals surface area contributed by atoms with Gasteiger partial charge in [0.25, 0.3) is 0 Å². The molecule has 2 aliphatic carbocycles. The quantitative estimate of drug-likeness (QED) is 0.397. The maximum absolute atomic E-state index is 12.7. The molecule has 4 atom stereocenters. The van der Waals surface area contributed by atoms with Gasteiger partial charge in [-0.1, -0.05) is 24.0 Å². The lowest BCUT2D eigenvalue weighted by atomic mass is 9.65. The first-order valence-corrected chi connectivity index (χ1v) is 15.4. The van der Waals surface area contributed by atoms with E-state index in [-0.39, 0.29) is 24.4 Å². The summed E-state index contributed by atoms with van der Waals surface area (Å²) in [7, 11) is 1.68. The minimum Gasteiger partial charge on any atom is -0.493 e. The molecule has 3 aliphatic rings. The Hall–Kier alpha value is -3.22. The molecule has 0 saturated heterocycles. The van der Waals surface area contributed by atoms with Gasteiger partial charge < -0.3 is 19.5 Å². The Morgan fingerprint density at radius 3 is 2.66 bits per heavy atom. The molecule has 2 saturated carbocycles. The number of nitrogens with one attached hydrogen (secondary N) is 1. The highest BCUT2D eigenvalue weighted by Gasteiger charge is 2.49. The Bertz CT molecular complexity index is 1290. The summed E-state index contributed by atoms with van der Waals surface area (Å²) >= 11 is 1.62. The number of alkyl carbamates (subject to hydrolysis) is 1. The van der Waals surface area contributed by atoms with Crippen molar-refractivity contribution in [2.24, 2.45) is 4.99 Å². The number of methoxy groups -OCH3 is 1. The molecular formula is C32H41N3O5S. The third-order valence-corrected chi connectivity index (χ3v) is 8.65. The summed E-state index contributed by atoms with van der Waals surface area (Å²) in [5.74, 6) is 8.62. The van der Waals surface area contributed by atoms with E-state index in [4.69, 9.17) is 19.0 Å².